The molecule has 0 atom stereocenters. The number of benzene rings is 1. The molecule has 0 saturated heterocycles. The molecule has 6 nitrogen and oxygen atoms in total. The van der Waals surface area contributed by atoms with Crippen LogP contribution >= 0.6 is 0 Å². The molecule has 0 saturated carbocycles. The third-order valence-electron chi connectivity index (χ3n) is 5.01. The Morgan fingerprint density at radius 3 is 2.27 bits per heavy atom. The van der Waals surface area contributed by atoms with Gasteiger partial charge in [0.1, 0.15) is 5.69 Å². The second-order valence-electron chi connectivity index (χ2n) is 8.27. The number of esters is 1. The highest BCUT2D eigenvalue weighted by Gasteiger charge is 2.21. The van der Waals surface area contributed by atoms with Gasteiger partial charge in [-0.3, -0.25) is 14.5 Å². The van der Waals surface area contributed by atoms with Crippen LogP contribution in [0.25, 0.3) is 11.3 Å². The fourth-order valence-corrected chi connectivity index (χ4v) is 3.15. The Balaban J connectivity index is 2.63. The van der Waals surface area contributed by atoms with Gasteiger partial charge in [-0.1, -0.05) is 52.0 Å². The van der Waals surface area contributed by atoms with Gasteiger partial charge in [-0.2, -0.15) is 5.10 Å². The molecule has 0 unspecified atom stereocenters. The van der Waals surface area contributed by atoms with Crippen molar-refractivity contribution in [1.29, 1.82) is 0 Å². The van der Waals surface area contributed by atoms with E-state index < -0.39 is 0 Å². The zero-order valence-corrected chi connectivity index (χ0v) is 19.4. The zero-order chi connectivity index (χ0) is 22.5. The fraction of sp³-hybridized carbons (Fsp3) is 0.458. The van der Waals surface area contributed by atoms with E-state index >= 15 is 0 Å². The number of carbonyl (C=O) groups is 1. The number of aryl methyl sites for hydroxylation is 2. The van der Waals surface area contributed by atoms with Crippen LogP contribution in [0.2, 0.25) is 0 Å². The van der Waals surface area contributed by atoms with Gasteiger partial charge in [0, 0.05) is 37.9 Å². The molecule has 0 N–H and O–H groups in total. The SMILES string of the molecule is CCC(=O)OCO/C(=C(/C=NC)c1ccc(C(C)(C)C)cc1)c1c(C)c(C)nn1C. The molecule has 30 heavy (non-hydrogen) atoms. The molecule has 0 spiro atoms. The highest BCUT2D eigenvalue weighted by atomic mass is 16.7. The topological polar surface area (TPSA) is 65.7 Å². The lowest BCUT2D eigenvalue weighted by Gasteiger charge is -2.20. The monoisotopic (exact) mass is 411 g/mol. The highest BCUT2D eigenvalue weighted by Crippen LogP contribution is 2.31. The van der Waals surface area contributed by atoms with E-state index in [2.05, 4.69) is 55.1 Å². The summed E-state index contributed by atoms with van der Waals surface area (Å²) in [6.45, 7) is 12.1. The molecule has 1 heterocycles. The van der Waals surface area contributed by atoms with E-state index in [1.165, 1.54) is 5.56 Å². The summed E-state index contributed by atoms with van der Waals surface area (Å²) in [5.41, 5.74) is 5.81. The summed E-state index contributed by atoms with van der Waals surface area (Å²) in [6.07, 6.45) is 2.06. The zero-order valence-electron chi connectivity index (χ0n) is 19.4. The van der Waals surface area contributed by atoms with Crippen molar-refractivity contribution in [2.24, 2.45) is 12.0 Å². The third-order valence-corrected chi connectivity index (χ3v) is 5.01. The third kappa shape index (κ3) is 5.38. The minimum atomic E-state index is -0.313. The summed E-state index contributed by atoms with van der Waals surface area (Å²) in [6, 6.07) is 8.37. The number of aliphatic imine (C=N–C) groups is 1. The first-order valence-electron chi connectivity index (χ1n) is 10.2. The first-order valence-corrected chi connectivity index (χ1v) is 10.2. The Labute approximate surface area is 179 Å². The molecule has 2 aromatic rings. The van der Waals surface area contributed by atoms with E-state index in [0.717, 1.165) is 28.1 Å². The maximum absolute atomic E-state index is 11.6. The van der Waals surface area contributed by atoms with E-state index in [9.17, 15) is 4.79 Å². The summed E-state index contributed by atoms with van der Waals surface area (Å²) in [4.78, 5) is 15.9. The maximum Gasteiger partial charge on any atom is 0.308 e. The number of ether oxygens (including phenoxy) is 2. The van der Waals surface area contributed by atoms with Gasteiger partial charge in [-0.15, -0.1) is 0 Å². The second-order valence-corrected chi connectivity index (χ2v) is 8.27. The van der Waals surface area contributed by atoms with Crippen molar-refractivity contribution in [3.05, 3.63) is 52.3 Å². The van der Waals surface area contributed by atoms with Crippen LogP contribution in [0.3, 0.4) is 0 Å². The fourth-order valence-electron chi connectivity index (χ4n) is 3.15. The largest absolute Gasteiger partial charge is 0.454 e. The maximum atomic E-state index is 11.6. The molecule has 0 aliphatic heterocycles. The molecule has 6 heteroatoms. The van der Waals surface area contributed by atoms with Gasteiger partial charge in [0.15, 0.2) is 5.76 Å². The summed E-state index contributed by atoms with van der Waals surface area (Å²) >= 11 is 0. The Hall–Kier alpha value is -2.89. The quantitative estimate of drug-likeness (QED) is 0.283. The number of carbonyl (C=O) groups excluding carboxylic acids is 1. The Kier molecular flexibility index (Phi) is 7.59. The molecule has 1 aromatic carbocycles. The summed E-state index contributed by atoms with van der Waals surface area (Å²) < 4.78 is 13.0. The molecule has 0 radical (unpaired) electrons. The number of hydrogen-bond acceptors (Lipinski definition) is 5. The number of aromatic nitrogens is 2. The first kappa shape index (κ1) is 23.4. The van der Waals surface area contributed by atoms with Crippen LogP contribution in [0.5, 0.6) is 0 Å². The lowest BCUT2D eigenvalue weighted by atomic mass is 9.86. The Morgan fingerprint density at radius 1 is 1.17 bits per heavy atom. The predicted octanol–water partition coefficient (Wildman–Crippen LogP) is 4.83. The summed E-state index contributed by atoms with van der Waals surface area (Å²) in [7, 11) is 3.60. The molecular weight excluding hydrogens is 378 g/mol. The number of hydrogen-bond donors (Lipinski definition) is 0. The van der Waals surface area contributed by atoms with Crippen LogP contribution in [0.4, 0.5) is 0 Å². The minimum Gasteiger partial charge on any atom is -0.454 e. The molecule has 0 aliphatic carbocycles. The van der Waals surface area contributed by atoms with Gasteiger partial charge >= 0.3 is 5.97 Å². The van der Waals surface area contributed by atoms with E-state index in [0.29, 0.717) is 12.2 Å². The van der Waals surface area contributed by atoms with E-state index in [1.807, 2.05) is 20.9 Å². The lowest BCUT2D eigenvalue weighted by Crippen LogP contribution is -2.12. The standard InChI is InChI=1S/C24H33N3O3/c1-9-21(28)29-15-30-23(22-16(2)17(3)26-27(22)8)20(14-25-7)18-10-12-19(13-11-18)24(4,5)6/h10-14H,9,15H2,1-8H3/b23-20-,25-14?. The predicted molar refractivity (Wildman–Crippen MR) is 121 cm³/mol. The number of rotatable bonds is 7. The second kappa shape index (κ2) is 9.74. The van der Waals surface area contributed by atoms with E-state index in [1.54, 1.807) is 24.9 Å². The summed E-state index contributed by atoms with van der Waals surface area (Å²) in [5, 5.41) is 4.52. The van der Waals surface area contributed by atoms with Gasteiger partial charge in [-0.25, -0.2) is 0 Å². The molecule has 162 valence electrons. The molecule has 1 aromatic heterocycles. The van der Waals surface area contributed by atoms with Crippen LogP contribution in [0.1, 0.15) is 62.2 Å². The smallest absolute Gasteiger partial charge is 0.308 e. The van der Waals surface area contributed by atoms with Crippen molar-refractivity contribution in [2.75, 3.05) is 13.8 Å². The van der Waals surface area contributed by atoms with Crippen molar-refractivity contribution in [2.45, 2.75) is 53.4 Å². The van der Waals surface area contributed by atoms with E-state index in [-0.39, 0.29) is 18.2 Å². The molecule has 0 fully saturated rings. The first-order chi connectivity index (χ1) is 14.1. The number of nitrogens with zero attached hydrogens (tertiary/aromatic N) is 3. The van der Waals surface area contributed by atoms with Crippen LogP contribution in [0.15, 0.2) is 29.3 Å². The minimum absolute atomic E-state index is 0.0602. The molecular formula is C24H33N3O3. The van der Waals surface area contributed by atoms with Crippen molar-refractivity contribution >= 4 is 23.5 Å². The Morgan fingerprint density at radius 2 is 1.80 bits per heavy atom. The highest BCUT2D eigenvalue weighted by molar-refractivity contribution is 6.18. The molecule has 2 rings (SSSR count). The van der Waals surface area contributed by atoms with Gasteiger partial charge in [-0.05, 0) is 30.4 Å². The van der Waals surface area contributed by atoms with Gasteiger partial charge < -0.3 is 9.47 Å². The van der Waals surface area contributed by atoms with Gasteiger partial charge in [0.2, 0.25) is 6.79 Å². The van der Waals surface area contributed by atoms with Gasteiger partial charge in [0.25, 0.3) is 0 Å². The Bertz CT molecular complexity index is 945. The van der Waals surface area contributed by atoms with Crippen molar-refractivity contribution in [3.8, 4) is 0 Å². The average molecular weight is 412 g/mol. The van der Waals surface area contributed by atoms with Crippen LogP contribution in [-0.4, -0.2) is 35.8 Å². The molecule has 0 amide bonds. The molecule has 0 aliphatic rings. The number of allylic oxidation sites excluding steroid dienone is 1. The van der Waals surface area contributed by atoms with Gasteiger partial charge in [0.05, 0.1) is 5.69 Å². The summed E-state index contributed by atoms with van der Waals surface area (Å²) in [5.74, 6) is 0.265. The van der Waals surface area contributed by atoms with E-state index in [4.69, 9.17) is 9.47 Å². The lowest BCUT2D eigenvalue weighted by molar-refractivity contribution is -0.151. The van der Waals surface area contributed by atoms with Crippen LogP contribution in [0, 0.1) is 13.8 Å². The normalized spacial score (nSPS) is 12.8. The van der Waals surface area contributed by atoms with Crippen LogP contribution in [-0.2, 0) is 26.7 Å². The molecule has 0 bridgehead atoms. The van der Waals surface area contributed by atoms with Crippen molar-refractivity contribution < 1.29 is 14.3 Å². The average Bonchev–Trinajstić information content (AvgIpc) is 2.95. The van der Waals surface area contributed by atoms with Crippen LogP contribution < -0.4 is 0 Å². The van der Waals surface area contributed by atoms with Crippen molar-refractivity contribution in [3.63, 3.8) is 0 Å². The van der Waals surface area contributed by atoms with Crippen molar-refractivity contribution in [1.82, 2.24) is 9.78 Å².